The molecule has 1 fully saturated rings. The summed E-state index contributed by atoms with van der Waals surface area (Å²) in [6.45, 7) is 2.84. The van der Waals surface area contributed by atoms with Gasteiger partial charge in [0.05, 0.1) is 11.4 Å². The van der Waals surface area contributed by atoms with E-state index in [1.165, 1.54) is 12.1 Å². The Bertz CT molecular complexity index is 462. The smallest absolute Gasteiger partial charge is 0.340 e. The minimum atomic E-state index is -1.21. The van der Waals surface area contributed by atoms with Crippen LogP contribution >= 0.6 is 0 Å². The van der Waals surface area contributed by atoms with Crippen molar-refractivity contribution in [1.29, 1.82) is 0 Å². The fourth-order valence-corrected chi connectivity index (χ4v) is 1.90. The fourth-order valence-electron chi connectivity index (χ4n) is 1.90. The van der Waals surface area contributed by atoms with Gasteiger partial charge in [-0.3, -0.25) is 0 Å². The second kappa shape index (κ2) is 4.24. The number of hydrogen-bond donors (Lipinski definition) is 3. The molecular weight excluding hydrogens is 223 g/mol. The number of carboxylic acid groups (broad SMARTS) is 1. The molecule has 92 valence electrons. The van der Waals surface area contributed by atoms with E-state index in [0.717, 1.165) is 6.42 Å². The normalized spacial score (nSPS) is 22.2. The average molecular weight is 238 g/mol. The molecule has 1 aliphatic rings. The molecule has 1 saturated carbocycles. The number of hydrogen-bond acceptors (Lipinski definition) is 3. The molecule has 2 unspecified atom stereocenters. The number of nitrogens with two attached hydrogens (primary N) is 1. The van der Waals surface area contributed by atoms with Crippen molar-refractivity contribution < 1.29 is 14.3 Å². The van der Waals surface area contributed by atoms with Crippen LogP contribution in [-0.2, 0) is 0 Å². The summed E-state index contributed by atoms with van der Waals surface area (Å²) in [6.07, 6.45) is 1.14. The van der Waals surface area contributed by atoms with Crippen molar-refractivity contribution in [2.24, 2.45) is 11.8 Å². The SMILES string of the molecule is CC1CC1CNc1ccc(F)c(N)c1C(=O)O. The van der Waals surface area contributed by atoms with Crippen molar-refractivity contribution in [3.8, 4) is 0 Å². The van der Waals surface area contributed by atoms with E-state index in [-0.39, 0.29) is 11.3 Å². The third kappa shape index (κ3) is 2.33. The molecular formula is C12H15FN2O2. The van der Waals surface area contributed by atoms with Crippen LogP contribution in [0.4, 0.5) is 15.8 Å². The third-order valence-electron chi connectivity index (χ3n) is 3.24. The summed E-state index contributed by atoms with van der Waals surface area (Å²) in [6, 6.07) is 2.60. The molecule has 2 atom stereocenters. The third-order valence-corrected chi connectivity index (χ3v) is 3.24. The quantitative estimate of drug-likeness (QED) is 0.703. The van der Waals surface area contributed by atoms with Gasteiger partial charge < -0.3 is 16.2 Å². The number of anilines is 2. The molecule has 2 rings (SSSR count). The van der Waals surface area contributed by atoms with Crippen LogP contribution in [0.3, 0.4) is 0 Å². The molecule has 0 aliphatic heterocycles. The molecule has 1 aliphatic carbocycles. The first-order chi connectivity index (χ1) is 8.00. The Hall–Kier alpha value is -1.78. The summed E-state index contributed by atoms with van der Waals surface area (Å²) in [5, 5.41) is 12.0. The summed E-state index contributed by atoms with van der Waals surface area (Å²) >= 11 is 0. The molecule has 5 heteroatoms. The number of nitrogens with one attached hydrogen (secondary N) is 1. The topological polar surface area (TPSA) is 75.3 Å². The zero-order chi connectivity index (χ0) is 12.6. The van der Waals surface area contributed by atoms with E-state index in [9.17, 15) is 9.18 Å². The molecule has 0 spiro atoms. The van der Waals surface area contributed by atoms with E-state index in [2.05, 4.69) is 12.2 Å². The van der Waals surface area contributed by atoms with Crippen molar-refractivity contribution in [2.45, 2.75) is 13.3 Å². The van der Waals surface area contributed by atoms with E-state index in [4.69, 9.17) is 10.8 Å². The van der Waals surface area contributed by atoms with E-state index >= 15 is 0 Å². The molecule has 0 aromatic heterocycles. The second-order valence-electron chi connectivity index (χ2n) is 4.54. The molecule has 17 heavy (non-hydrogen) atoms. The van der Waals surface area contributed by atoms with E-state index in [1.54, 1.807) is 0 Å². The monoisotopic (exact) mass is 238 g/mol. The van der Waals surface area contributed by atoms with Crippen LogP contribution in [0, 0.1) is 17.7 Å². The zero-order valence-corrected chi connectivity index (χ0v) is 9.53. The first kappa shape index (κ1) is 11.7. The highest BCUT2D eigenvalue weighted by molar-refractivity contribution is 6.00. The van der Waals surface area contributed by atoms with Gasteiger partial charge in [-0.25, -0.2) is 9.18 Å². The minimum absolute atomic E-state index is 0.182. The van der Waals surface area contributed by atoms with Crippen molar-refractivity contribution >= 4 is 17.3 Å². The second-order valence-corrected chi connectivity index (χ2v) is 4.54. The van der Waals surface area contributed by atoms with Crippen LogP contribution in [0.1, 0.15) is 23.7 Å². The lowest BCUT2D eigenvalue weighted by Crippen LogP contribution is -2.12. The van der Waals surface area contributed by atoms with Crippen molar-refractivity contribution in [3.63, 3.8) is 0 Å². The highest BCUT2D eigenvalue weighted by Gasteiger charge is 2.32. The number of carbonyl (C=O) groups is 1. The molecule has 0 radical (unpaired) electrons. The van der Waals surface area contributed by atoms with Gasteiger partial charge in [-0.15, -0.1) is 0 Å². The average Bonchev–Trinajstić information content (AvgIpc) is 2.96. The minimum Gasteiger partial charge on any atom is -0.478 e. The number of benzene rings is 1. The maximum atomic E-state index is 13.2. The lowest BCUT2D eigenvalue weighted by atomic mass is 10.1. The van der Waals surface area contributed by atoms with Gasteiger partial charge in [0.15, 0.2) is 0 Å². The van der Waals surface area contributed by atoms with Crippen LogP contribution in [0.15, 0.2) is 12.1 Å². The molecule has 4 nitrogen and oxygen atoms in total. The fraction of sp³-hybridized carbons (Fsp3) is 0.417. The zero-order valence-electron chi connectivity index (χ0n) is 9.53. The summed E-state index contributed by atoms with van der Waals surface area (Å²) in [5.41, 5.74) is 5.33. The van der Waals surface area contributed by atoms with Gasteiger partial charge in [0.2, 0.25) is 0 Å². The van der Waals surface area contributed by atoms with Crippen LogP contribution in [0.5, 0.6) is 0 Å². The van der Waals surface area contributed by atoms with Gasteiger partial charge in [-0.1, -0.05) is 6.92 Å². The van der Waals surface area contributed by atoms with Crippen LogP contribution < -0.4 is 11.1 Å². The molecule has 0 bridgehead atoms. The highest BCUT2D eigenvalue weighted by atomic mass is 19.1. The van der Waals surface area contributed by atoms with Crippen molar-refractivity contribution in [2.75, 3.05) is 17.6 Å². The lowest BCUT2D eigenvalue weighted by molar-refractivity contribution is 0.0698. The maximum absolute atomic E-state index is 13.2. The van der Waals surface area contributed by atoms with E-state index in [1.807, 2.05) is 0 Å². The van der Waals surface area contributed by atoms with Gasteiger partial charge in [-0.2, -0.15) is 0 Å². The molecule has 0 heterocycles. The van der Waals surface area contributed by atoms with Crippen LogP contribution in [0.2, 0.25) is 0 Å². The van der Waals surface area contributed by atoms with Gasteiger partial charge in [-0.05, 0) is 30.4 Å². The number of aromatic carboxylic acids is 1. The van der Waals surface area contributed by atoms with Crippen LogP contribution in [0.25, 0.3) is 0 Å². The Morgan fingerprint density at radius 1 is 1.65 bits per heavy atom. The molecule has 0 saturated heterocycles. The Labute approximate surface area is 98.6 Å². The molecule has 1 aromatic carbocycles. The summed E-state index contributed by atoms with van der Waals surface area (Å²) < 4.78 is 13.2. The number of carboxylic acids is 1. The van der Waals surface area contributed by atoms with Crippen molar-refractivity contribution in [3.05, 3.63) is 23.5 Å². The summed E-state index contributed by atoms with van der Waals surface area (Å²) in [4.78, 5) is 11.0. The highest BCUT2D eigenvalue weighted by Crippen LogP contribution is 2.38. The Morgan fingerprint density at radius 2 is 2.29 bits per heavy atom. The standard InChI is InChI=1S/C12H15FN2O2/c1-6-4-7(6)5-15-9-3-2-8(13)11(14)10(9)12(16)17/h2-3,6-7,15H,4-5,14H2,1H3,(H,16,17). The Balaban J connectivity index is 2.20. The number of nitrogen functional groups attached to an aromatic ring is 1. The molecule has 1 aromatic rings. The molecule has 4 N–H and O–H groups in total. The molecule has 0 amide bonds. The largest absolute Gasteiger partial charge is 0.478 e. The summed E-state index contributed by atoms with van der Waals surface area (Å²) in [5.74, 6) is -0.669. The summed E-state index contributed by atoms with van der Waals surface area (Å²) in [7, 11) is 0. The first-order valence-corrected chi connectivity index (χ1v) is 5.56. The van der Waals surface area contributed by atoms with Gasteiger partial charge >= 0.3 is 5.97 Å². The predicted octanol–water partition coefficient (Wildman–Crippen LogP) is 2.17. The number of rotatable bonds is 4. The number of halogens is 1. The Kier molecular flexibility index (Phi) is 2.92. The van der Waals surface area contributed by atoms with E-state index < -0.39 is 11.8 Å². The van der Waals surface area contributed by atoms with Gasteiger partial charge in [0.25, 0.3) is 0 Å². The lowest BCUT2D eigenvalue weighted by Gasteiger charge is -2.11. The Morgan fingerprint density at radius 3 is 2.82 bits per heavy atom. The van der Waals surface area contributed by atoms with Gasteiger partial charge in [0, 0.05) is 6.54 Å². The van der Waals surface area contributed by atoms with Gasteiger partial charge in [0.1, 0.15) is 11.4 Å². The van der Waals surface area contributed by atoms with Crippen molar-refractivity contribution in [1.82, 2.24) is 0 Å². The van der Waals surface area contributed by atoms with E-state index in [0.29, 0.717) is 24.1 Å². The maximum Gasteiger partial charge on any atom is 0.340 e. The van der Waals surface area contributed by atoms with Crippen LogP contribution in [-0.4, -0.2) is 17.6 Å². The predicted molar refractivity (Wildman–Crippen MR) is 63.5 cm³/mol. The first-order valence-electron chi connectivity index (χ1n) is 5.56.